The van der Waals surface area contributed by atoms with E-state index in [1.165, 1.54) is 5.56 Å². The van der Waals surface area contributed by atoms with Crippen molar-refractivity contribution in [3.05, 3.63) is 35.4 Å². The summed E-state index contributed by atoms with van der Waals surface area (Å²) in [6.45, 7) is 12.8. The van der Waals surface area contributed by atoms with E-state index in [1.807, 2.05) is 0 Å². The van der Waals surface area contributed by atoms with Crippen LogP contribution in [0.15, 0.2) is 24.3 Å². The molecule has 110 valence electrons. The number of rotatable bonds is 6. The van der Waals surface area contributed by atoms with E-state index < -0.39 is 0 Å². The molecule has 0 aromatic heterocycles. The van der Waals surface area contributed by atoms with E-state index in [2.05, 4.69) is 68.7 Å². The highest BCUT2D eigenvalue weighted by molar-refractivity contribution is 5.36. The maximum atomic E-state index is 5.38. The molecule has 1 rings (SSSR count). The van der Waals surface area contributed by atoms with Crippen molar-refractivity contribution in [1.29, 1.82) is 0 Å². The quantitative estimate of drug-likeness (QED) is 0.806. The number of benzene rings is 1. The highest BCUT2D eigenvalue weighted by atomic mass is 15.1. The molecule has 2 N–H and O–H groups in total. The highest BCUT2D eigenvalue weighted by Gasteiger charge is 2.10. The van der Waals surface area contributed by atoms with Crippen molar-refractivity contribution in [3.63, 3.8) is 0 Å². The zero-order valence-electron chi connectivity index (χ0n) is 13.3. The standard InChI is InChI=1S/C18H28N2/c1-15(2)12-20(13-16(3)4)14-18-9-7-17(8-10-18)6-5-11-19/h7-10,15-16H,11-14,19H2,1-4H3. The Labute approximate surface area is 124 Å². The van der Waals surface area contributed by atoms with Gasteiger partial charge in [-0.05, 0) is 29.5 Å². The lowest BCUT2D eigenvalue weighted by atomic mass is 10.1. The van der Waals surface area contributed by atoms with Crippen LogP contribution < -0.4 is 5.73 Å². The molecule has 0 unspecified atom stereocenters. The summed E-state index contributed by atoms with van der Waals surface area (Å²) in [6.07, 6.45) is 0. The summed E-state index contributed by atoms with van der Waals surface area (Å²) in [5.41, 5.74) is 7.78. The maximum Gasteiger partial charge on any atom is 0.0555 e. The predicted molar refractivity (Wildman–Crippen MR) is 87.3 cm³/mol. The minimum absolute atomic E-state index is 0.415. The molecular formula is C18H28N2. The smallest absolute Gasteiger partial charge is 0.0555 e. The van der Waals surface area contributed by atoms with Crippen LogP contribution in [0, 0.1) is 23.7 Å². The van der Waals surface area contributed by atoms with E-state index in [4.69, 9.17) is 5.73 Å². The second-order valence-electron chi connectivity index (χ2n) is 6.18. The van der Waals surface area contributed by atoms with Gasteiger partial charge in [-0.2, -0.15) is 0 Å². The van der Waals surface area contributed by atoms with Crippen LogP contribution in [0.5, 0.6) is 0 Å². The SMILES string of the molecule is CC(C)CN(Cc1ccc(C#CCN)cc1)CC(C)C. The van der Waals surface area contributed by atoms with Gasteiger partial charge in [-0.15, -0.1) is 0 Å². The van der Waals surface area contributed by atoms with Gasteiger partial charge in [-0.1, -0.05) is 51.7 Å². The Bertz CT molecular complexity index is 425. The molecule has 0 atom stereocenters. The van der Waals surface area contributed by atoms with Crippen LogP contribution in [0.25, 0.3) is 0 Å². The van der Waals surface area contributed by atoms with Crippen LogP contribution in [0.4, 0.5) is 0 Å². The molecule has 0 radical (unpaired) electrons. The Morgan fingerprint density at radius 2 is 1.55 bits per heavy atom. The van der Waals surface area contributed by atoms with Crippen LogP contribution in [0.2, 0.25) is 0 Å². The number of hydrogen-bond donors (Lipinski definition) is 1. The summed E-state index contributed by atoms with van der Waals surface area (Å²) >= 11 is 0. The van der Waals surface area contributed by atoms with Crippen molar-refractivity contribution in [2.45, 2.75) is 34.2 Å². The zero-order chi connectivity index (χ0) is 15.0. The Balaban J connectivity index is 2.67. The molecule has 0 saturated heterocycles. The van der Waals surface area contributed by atoms with Gasteiger partial charge in [-0.25, -0.2) is 0 Å². The second-order valence-corrected chi connectivity index (χ2v) is 6.18. The summed E-state index contributed by atoms with van der Waals surface area (Å²) in [4.78, 5) is 2.54. The van der Waals surface area contributed by atoms with E-state index in [-0.39, 0.29) is 0 Å². The van der Waals surface area contributed by atoms with Crippen molar-refractivity contribution in [1.82, 2.24) is 4.90 Å². The molecule has 1 aromatic rings. The molecule has 2 nitrogen and oxygen atoms in total. The normalized spacial score (nSPS) is 11.0. The third-order valence-corrected chi connectivity index (χ3v) is 2.94. The van der Waals surface area contributed by atoms with E-state index in [1.54, 1.807) is 0 Å². The maximum absolute atomic E-state index is 5.38. The monoisotopic (exact) mass is 272 g/mol. The van der Waals surface area contributed by atoms with Gasteiger partial charge in [0.15, 0.2) is 0 Å². The lowest BCUT2D eigenvalue weighted by molar-refractivity contribution is 0.211. The molecule has 0 saturated carbocycles. The molecule has 0 heterocycles. The molecule has 1 aromatic carbocycles. The topological polar surface area (TPSA) is 29.3 Å². The minimum Gasteiger partial charge on any atom is -0.320 e. The first-order valence-corrected chi connectivity index (χ1v) is 7.51. The Kier molecular flexibility index (Phi) is 7.36. The van der Waals surface area contributed by atoms with Gasteiger partial charge >= 0.3 is 0 Å². The van der Waals surface area contributed by atoms with Crippen molar-refractivity contribution in [2.24, 2.45) is 17.6 Å². The largest absolute Gasteiger partial charge is 0.320 e. The van der Waals surface area contributed by atoms with Crippen LogP contribution in [-0.4, -0.2) is 24.5 Å². The van der Waals surface area contributed by atoms with E-state index in [0.717, 1.165) is 25.2 Å². The molecule has 0 aliphatic heterocycles. The van der Waals surface area contributed by atoms with Crippen LogP contribution in [0.3, 0.4) is 0 Å². The van der Waals surface area contributed by atoms with Gasteiger partial charge < -0.3 is 5.73 Å². The van der Waals surface area contributed by atoms with Crippen LogP contribution in [-0.2, 0) is 6.54 Å². The van der Waals surface area contributed by atoms with Gasteiger partial charge in [0.25, 0.3) is 0 Å². The molecule has 2 heteroatoms. The van der Waals surface area contributed by atoms with Gasteiger partial charge in [0.2, 0.25) is 0 Å². The Morgan fingerprint density at radius 1 is 1.00 bits per heavy atom. The van der Waals surface area contributed by atoms with E-state index in [9.17, 15) is 0 Å². The first-order valence-electron chi connectivity index (χ1n) is 7.51. The van der Waals surface area contributed by atoms with Crippen LogP contribution in [0.1, 0.15) is 38.8 Å². The lowest BCUT2D eigenvalue weighted by Gasteiger charge is -2.26. The van der Waals surface area contributed by atoms with Gasteiger partial charge in [0.05, 0.1) is 6.54 Å². The molecule has 20 heavy (non-hydrogen) atoms. The Morgan fingerprint density at radius 3 is 2.00 bits per heavy atom. The Hall–Kier alpha value is -1.30. The third-order valence-electron chi connectivity index (χ3n) is 2.94. The third kappa shape index (κ3) is 6.75. The molecule has 0 fully saturated rings. The predicted octanol–water partition coefficient (Wildman–Crippen LogP) is 3.11. The van der Waals surface area contributed by atoms with Crippen molar-refractivity contribution >= 4 is 0 Å². The highest BCUT2D eigenvalue weighted by Crippen LogP contribution is 2.11. The summed E-state index contributed by atoms with van der Waals surface area (Å²) in [5, 5.41) is 0. The molecule has 0 amide bonds. The van der Waals surface area contributed by atoms with Gasteiger partial charge in [0, 0.05) is 25.2 Å². The molecular weight excluding hydrogens is 244 g/mol. The molecule has 0 aliphatic rings. The average Bonchev–Trinajstić information content (AvgIpc) is 2.36. The fourth-order valence-electron chi connectivity index (χ4n) is 2.34. The lowest BCUT2D eigenvalue weighted by Crippen LogP contribution is -2.30. The fourth-order valence-corrected chi connectivity index (χ4v) is 2.34. The molecule has 0 spiro atoms. The summed E-state index contributed by atoms with van der Waals surface area (Å²) in [6, 6.07) is 8.52. The van der Waals surface area contributed by atoms with E-state index in [0.29, 0.717) is 18.4 Å². The van der Waals surface area contributed by atoms with Crippen molar-refractivity contribution in [2.75, 3.05) is 19.6 Å². The fraction of sp³-hybridized carbons (Fsp3) is 0.556. The summed E-state index contributed by atoms with van der Waals surface area (Å²) in [5.74, 6) is 7.34. The first kappa shape index (κ1) is 16.8. The van der Waals surface area contributed by atoms with Crippen LogP contribution >= 0.6 is 0 Å². The zero-order valence-corrected chi connectivity index (χ0v) is 13.3. The first-order chi connectivity index (χ1) is 9.51. The van der Waals surface area contributed by atoms with Crippen molar-refractivity contribution < 1.29 is 0 Å². The molecule has 0 bridgehead atoms. The van der Waals surface area contributed by atoms with E-state index >= 15 is 0 Å². The van der Waals surface area contributed by atoms with Crippen molar-refractivity contribution in [3.8, 4) is 11.8 Å². The summed E-state index contributed by atoms with van der Waals surface area (Å²) in [7, 11) is 0. The number of nitrogens with two attached hydrogens (primary N) is 1. The summed E-state index contributed by atoms with van der Waals surface area (Å²) < 4.78 is 0. The number of hydrogen-bond acceptors (Lipinski definition) is 2. The van der Waals surface area contributed by atoms with Gasteiger partial charge in [0.1, 0.15) is 0 Å². The minimum atomic E-state index is 0.415. The second kappa shape index (κ2) is 8.79. The number of nitrogens with zero attached hydrogens (tertiary/aromatic N) is 1. The average molecular weight is 272 g/mol. The van der Waals surface area contributed by atoms with Gasteiger partial charge in [-0.3, -0.25) is 4.90 Å². The molecule has 0 aliphatic carbocycles.